The molecule has 6 heteroatoms. The average Bonchev–Trinajstić information content (AvgIpc) is 2.20. The molecule has 0 bridgehead atoms. The Balaban J connectivity index is 3.48. The molecule has 0 atom stereocenters. The number of nitrogens with one attached hydrogen (secondary N) is 2. The standard InChI is InChI=1S/C10H20N2O4/c1-10(2,3)16-7-9(15)12-5-4-11-8(14)6-13/h13H,4-7H2,1-3H3,(H,11,14)(H,12,15). The molecule has 6 nitrogen and oxygen atoms in total. The molecule has 0 rings (SSSR count). The summed E-state index contributed by atoms with van der Waals surface area (Å²) in [6.07, 6.45) is 0. The minimum Gasteiger partial charge on any atom is -0.387 e. The molecule has 94 valence electrons. The first kappa shape index (κ1) is 14.9. The fraction of sp³-hybridized carbons (Fsp3) is 0.800. The van der Waals surface area contributed by atoms with Crippen LogP contribution in [0, 0.1) is 0 Å². The van der Waals surface area contributed by atoms with Crippen molar-refractivity contribution in [2.24, 2.45) is 0 Å². The predicted octanol–water partition coefficient (Wildman–Crippen LogP) is -0.974. The van der Waals surface area contributed by atoms with Gasteiger partial charge in [0.15, 0.2) is 0 Å². The lowest BCUT2D eigenvalue weighted by atomic mass is 10.2. The van der Waals surface area contributed by atoms with E-state index in [2.05, 4.69) is 10.6 Å². The lowest BCUT2D eigenvalue weighted by Gasteiger charge is -2.18. The van der Waals surface area contributed by atoms with Crippen LogP contribution in [0.1, 0.15) is 20.8 Å². The van der Waals surface area contributed by atoms with Crippen LogP contribution in [0.2, 0.25) is 0 Å². The summed E-state index contributed by atoms with van der Waals surface area (Å²) in [6, 6.07) is 0. The lowest BCUT2D eigenvalue weighted by Crippen LogP contribution is -2.38. The fourth-order valence-corrected chi connectivity index (χ4v) is 0.793. The molecular weight excluding hydrogens is 212 g/mol. The Morgan fingerprint density at radius 1 is 1.12 bits per heavy atom. The summed E-state index contributed by atoms with van der Waals surface area (Å²) in [6.45, 7) is 5.66. The van der Waals surface area contributed by atoms with Crippen molar-refractivity contribution in [3.63, 3.8) is 0 Å². The molecular formula is C10H20N2O4. The monoisotopic (exact) mass is 232 g/mol. The molecule has 16 heavy (non-hydrogen) atoms. The number of rotatable bonds is 6. The van der Waals surface area contributed by atoms with Crippen molar-refractivity contribution < 1.29 is 19.4 Å². The minimum absolute atomic E-state index is 0.00253. The molecule has 0 saturated carbocycles. The van der Waals surface area contributed by atoms with Gasteiger partial charge in [-0.15, -0.1) is 0 Å². The van der Waals surface area contributed by atoms with E-state index in [0.717, 1.165) is 0 Å². The number of carbonyl (C=O) groups is 2. The van der Waals surface area contributed by atoms with Crippen LogP contribution in [0.4, 0.5) is 0 Å². The first-order chi connectivity index (χ1) is 7.35. The van der Waals surface area contributed by atoms with Crippen LogP contribution in [-0.4, -0.2) is 48.8 Å². The SMILES string of the molecule is CC(C)(C)OCC(=O)NCCNC(=O)CO. The van der Waals surface area contributed by atoms with Crippen LogP contribution >= 0.6 is 0 Å². The van der Waals surface area contributed by atoms with Crippen molar-refractivity contribution in [2.75, 3.05) is 26.3 Å². The van der Waals surface area contributed by atoms with Crippen molar-refractivity contribution in [1.29, 1.82) is 0 Å². The Labute approximate surface area is 95.4 Å². The minimum atomic E-state index is -0.541. The van der Waals surface area contributed by atoms with E-state index in [1.54, 1.807) is 0 Å². The molecule has 0 unspecified atom stereocenters. The second kappa shape index (κ2) is 7.19. The van der Waals surface area contributed by atoms with Gasteiger partial charge in [0.05, 0.1) is 5.60 Å². The highest BCUT2D eigenvalue weighted by Gasteiger charge is 2.12. The van der Waals surface area contributed by atoms with Crippen LogP contribution in [0.5, 0.6) is 0 Å². The summed E-state index contributed by atoms with van der Waals surface area (Å²) in [5, 5.41) is 13.4. The van der Waals surface area contributed by atoms with Gasteiger partial charge >= 0.3 is 0 Å². The van der Waals surface area contributed by atoms with E-state index >= 15 is 0 Å². The summed E-state index contributed by atoms with van der Waals surface area (Å²) in [5.41, 5.74) is -0.345. The molecule has 0 radical (unpaired) electrons. The average molecular weight is 232 g/mol. The number of carbonyl (C=O) groups excluding carboxylic acids is 2. The van der Waals surface area contributed by atoms with E-state index in [1.165, 1.54) is 0 Å². The van der Waals surface area contributed by atoms with Gasteiger partial charge in [0.2, 0.25) is 11.8 Å². The molecule has 0 saturated heterocycles. The summed E-state index contributed by atoms with van der Waals surface area (Å²) < 4.78 is 5.25. The molecule has 0 aliphatic carbocycles. The van der Waals surface area contributed by atoms with Crippen molar-refractivity contribution in [2.45, 2.75) is 26.4 Å². The van der Waals surface area contributed by atoms with Gasteiger partial charge in [-0.3, -0.25) is 9.59 Å². The molecule has 0 heterocycles. The number of aliphatic hydroxyl groups is 1. The van der Waals surface area contributed by atoms with Gasteiger partial charge in [-0.25, -0.2) is 0 Å². The van der Waals surface area contributed by atoms with Crippen molar-refractivity contribution in [3.8, 4) is 0 Å². The summed E-state index contributed by atoms with van der Waals surface area (Å²) in [4.78, 5) is 21.8. The van der Waals surface area contributed by atoms with E-state index in [-0.39, 0.29) is 18.1 Å². The maximum absolute atomic E-state index is 11.2. The summed E-state index contributed by atoms with van der Waals surface area (Å²) in [5.74, 6) is -0.687. The van der Waals surface area contributed by atoms with E-state index in [1.807, 2.05) is 20.8 Å². The Hall–Kier alpha value is -1.14. The second-order valence-electron chi connectivity index (χ2n) is 4.26. The van der Waals surface area contributed by atoms with Crippen LogP contribution < -0.4 is 10.6 Å². The van der Waals surface area contributed by atoms with Gasteiger partial charge in [0.1, 0.15) is 13.2 Å². The van der Waals surface area contributed by atoms with Gasteiger partial charge in [0.25, 0.3) is 0 Å². The Kier molecular flexibility index (Phi) is 6.67. The quantitative estimate of drug-likeness (QED) is 0.514. The van der Waals surface area contributed by atoms with E-state index < -0.39 is 12.5 Å². The highest BCUT2D eigenvalue weighted by atomic mass is 16.5. The van der Waals surface area contributed by atoms with E-state index in [9.17, 15) is 9.59 Å². The number of amides is 2. The number of hydrogen-bond donors (Lipinski definition) is 3. The topological polar surface area (TPSA) is 87.7 Å². The van der Waals surface area contributed by atoms with E-state index in [4.69, 9.17) is 9.84 Å². The highest BCUT2D eigenvalue weighted by molar-refractivity contribution is 5.78. The van der Waals surface area contributed by atoms with E-state index in [0.29, 0.717) is 13.1 Å². The zero-order chi connectivity index (χ0) is 12.6. The number of ether oxygens (including phenoxy) is 1. The Bertz CT molecular complexity index is 235. The molecule has 0 fully saturated rings. The van der Waals surface area contributed by atoms with Gasteiger partial charge in [0, 0.05) is 13.1 Å². The fourth-order valence-electron chi connectivity index (χ4n) is 0.793. The van der Waals surface area contributed by atoms with Crippen LogP contribution in [0.15, 0.2) is 0 Å². The summed E-state index contributed by atoms with van der Waals surface area (Å²) >= 11 is 0. The number of hydrogen-bond acceptors (Lipinski definition) is 4. The molecule has 0 aliphatic rings. The Morgan fingerprint density at radius 3 is 2.06 bits per heavy atom. The molecule has 0 aromatic heterocycles. The zero-order valence-corrected chi connectivity index (χ0v) is 10.0. The van der Waals surface area contributed by atoms with Crippen LogP contribution in [0.25, 0.3) is 0 Å². The maximum Gasteiger partial charge on any atom is 0.246 e. The second-order valence-corrected chi connectivity index (χ2v) is 4.26. The van der Waals surface area contributed by atoms with Gasteiger partial charge in [-0.2, -0.15) is 0 Å². The smallest absolute Gasteiger partial charge is 0.246 e. The van der Waals surface area contributed by atoms with Crippen molar-refractivity contribution >= 4 is 11.8 Å². The van der Waals surface area contributed by atoms with Crippen molar-refractivity contribution in [3.05, 3.63) is 0 Å². The van der Waals surface area contributed by atoms with Crippen molar-refractivity contribution in [1.82, 2.24) is 10.6 Å². The molecule has 0 aromatic rings. The molecule has 2 amide bonds. The molecule has 0 aromatic carbocycles. The lowest BCUT2D eigenvalue weighted by molar-refractivity contribution is -0.130. The third-order valence-electron chi connectivity index (χ3n) is 1.55. The van der Waals surface area contributed by atoms with Crippen LogP contribution in [0.3, 0.4) is 0 Å². The van der Waals surface area contributed by atoms with Gasteiger partial charge < -0.3 is 20.5 Å². The largest absolute Gasteiger partial charge is 0.387 e. The molecule has 0 aliphatic heterocycles. The highest BCUT2D eigenvalue weighted by Crippen LogP contribution is 2.05. The third-order valence-corrected chi connectivity index (χ3v) is 1.55. The molecule has 3 N–H and O–H groups in total. The normalized spacial score (nSPS) is 11.0. The van der Waals surface area contributed by atoms with Gasteiger partial charge in [-0.05, 0) is 20.8 Å². The number of aliphatic hydroxyl groups excluding tert-OH is 1. The zero-order valence-electron chi connectivity index (χ0n) is 10.0. The predicted molar refractivity (Wildman–Crippen MR) is 58.8 cm³/mol. The third kappa shape index (κ3) is 9.42. The Morgan fingerprint density at radius 2 is 1.62 bits per heavy atom. The van der Waals surface area contributed by atoms with Gasteiger partial charge in [-0.1, -0.05) is 0 Å². The molecule has 0 spiro atoms. The first-order valence-corrected chi connectivity index (χ1v) is 5.13. The van der Waals surface area contributed by atoms with Crippen LogP contribution in [-0.2, 0) is 14.3 Å². The maximum atomic E-state index is 11.2. The summed E-state index contributed by atoms with van der Waals surface area (Å²) in [7, 11) is 0. The first-order valence-electron chi connectivity index (χ1n) is 5.13.